The second-order valence-corrected chi connectivity index (χ2v) is 6.72. The monoisotopic (exact) mass is 310 g/mol. The Balaban J connectivity index is 2.29. The molecule has 2 rings (SSSR count). The number of hydrogen-bond donors (Lipinski definition) is 1. The Morgan fingerprint density at radius 3 is 2.90 bits per heavy atom. The van der Waals surface area contributed by atoms with Crippen LogP contribution < -0.4 is 5.73 Å². The summed E-state index contributed by atoms with van der Waals surface area (Å²) in [6.45, 7) is 2.78. The minimum atomic E-state index is -0.323. The van der Waals surface area contributed by atoms with Crippen LogP contribution in [0.4, 0.5) is 5.69 Å². The number of nitro groups is 1. The number of nitrogens with zero attached hydrogens (tertiary/aromatic N) is 1. The molecular weight excluding hydrogens is 288 g/mol. The zero-order valence-electron chi connectivity index (χ0n) is 12.5. The molecule has 1 aromatic carbocycles. The van der Waals surface area contributed by atoms with Crippen molar-refractivity contribution in [3.8, 4) is 0 Å². The van der Waals surface area contributed by atoms with Crippen LogP contribution >= 0.6 is 11.6 Å². The molecule has 116 valence electrons. The molecule has 0 amide bonds. The van der Waals surface area contributed by atoms with Gasteiger partial charge in [0.1, 0.15) is 0 Å². The first kappa shape index (κ1) is 16.2. The van der Waals surface area contributed by atoms with E-state index < -0.39 is 0 Å². The van der Waals surface area contributed by atoms with Gasteiger partial charge in [-0.15, -0.1) is 0 Å². The summed E-state index contributed by atoms with van der Waals surface area (Å²) in [6.07, 6.45) is 6.31. The van der Waals surface area contributed by atoms with Crippen LogP contribution in [0.25, 0.3) is 0 Å². The maximum Gasteiger partial charge on any atom is 0.272 e. The predicted octanol–water partition coefficient (Wildman–Crippen LogP) is 4.34. The Labute approximate surface area is 130 Å². The van der Waals surface area contributed by atoms with Crippen molar-refractivity contribution in [3.05, 3.63) is 38.9 Å². The summed E-state index contributed by atoms with van der Waals surface area (Å²) >= 11 is 6.03. The average molecular weight is 311 g/mol. The number of hydrogen-bond acceptors (Lipinski definition) is 3. The van der Waals surface area contributed by atoms with Crippen LogP contribution in [0, 0.1) is 21.4 Å². The lowest BCUT2D eigenvalue weighted by Crippen LogP contribution is -2.37. The van der Waals surface area contributed by atoms with Crippen molar-refractivity contribution < 1.29 is 4.92 Å². The summed E-state index contributed by atoms with van der Waals surface area (Å²) in [5.41, 5.74) is 6.92. The molecule has 1 aromatic rings. The van der Waals surface area contributed by atoms with E-state index in [0.717, 1.165) is 31.2 Å². The normalized spacial score (nSPS) is 25.8. The number of halogens is 1. The Hall–Kier alpha value is -1.13. The molecule has 2 N–H and O–H groups in total. The number of nitro benzene ring substituents is 1. The zero-order chi connectivity index (χ0) is 15.5. The van der Waals surface area contributed by atoms with Crippen molar-refractivity contribution in [2.24, 2.45) is 17.1 Å². The first-order chi connectivity index (χ1) is 9.99. The van der Waals surface area contributed by atoms with Crippen LogP contribution in [0.1, 0.15) is 44.6 Å². The molecule has 2 atom stereocenters. The molecule has 1 fully saturated rings. The third-order valence-corrected chi connectivity index (χ3v) is 5.09. The summed E-state index contributed by atoms with van der Waals surface area (Å²) < 4.78 is 0. The van der Waals surface area contributed by atoms with E-state index in [2.05, 4.69) is 6.92 Å². The molecule has 0 spiro atoms. The average Bonchev–Trinajstić information content (AvgIpc) is 2.47. The molecule has 1 saturated carbocycles. The van der Waals surface area contributed by atoms with E-state index in [1.165, 1.54) is 12.5 Å². The van der Waals surface area contributed by atoms with Gasteiger partial charge in [-0.2, -0.15) is 0 Å². The Morgan fingerprint density at radius 1 is 1.52 bits per heavy atom. The number of benzene rings is 1. The van der Waals surface area contributed by atoms with Crippen LogP contribution in [0.2, 0.25) is 5.02 Å². The van der Waals surface area contributed by atoms with E-state index in [4.69, 9.17) is 17.3 Å². The summed E-state index contributed by atoms with van der Waals surface area (Å²) in [4.78, 5) is 10.9. The molecule has 4 nitrogen and oxygen atoms in total. The lowest BCUT2D eigenvalue weighted by molar-refractivity contribution is -0.385. The highest BCUT2D eigenvalue weighted by atomic mass is 35.5. The van der Waals surface area contributed by atoms with Gasteiger partial charge in [-0.25, -0.2) is 0 Å². The first-order valence-electron chi connectivity index (χ1n) is 7.62. The van der Waals surface area contributed by atoms with Gasteiger partial charge in [0.05, 0.1) is 4.92 Å². The maximum absolute atomic E-state index is 11.2. The third kappa shape index (κ3) is 3.74. The van der Waals surface area contributed by atoms with Crippen molar-refractivity contribution in [1.82, 2.24) is 0 Å². The van der Waals surface area contributed by atoms with Crippen molar-refractivity contribution >= 4 is 17.3 Å². The lowest BCUT2D eigenvalue weighted by atomic mass is 9.66. The summed E-state index contributed by atoms with van der Waals surface area (Å²) in [7, 11) is 0. The van der Waals surface area contributed by atoms with Crippen LogP contribution in [0.5, 0.6) is 0 Å². The van der Waals surface area contributed by atoms with Gasteiger partial charge in [0.2, 0.25) is 0 Å². The molecule has 5 heteroatoms. The largest absolute Gasteiger partial charge is 0.330 e. The van der Waals surface area contributed by atoms with Crippen molar-refractivity contribution in [3.63, 3.8) is 0 Å². The van der Waals surface area contributed by atoms with Gasteiger partial charge in [0.15, 0.2) is 0 Å². The van der Waals surface area contributed by atoms with Crippen molar-refractivity contribution in [2.75, 3.05) is 6.54 Å². The quantitative estimate of drug-likeness (QED) is 0.650. The molecular formula is C16H23ClN2O2. The molecule has 0 bridgehead atoms. The van der Waals surface area contributed by atoms with Gasteiger partial charge in [-0.3, -0.25) is 10.1 Å². The predicted molar refractivity (Wildman–Crippen MR) is 85.5 cm³/mol. The van der Waals surface area contributed by atoms with Crippen molar-refractivity contribution in [1.29, 1.82) is 0 Å². The zero-order valence-corrected chi connectivity index (χ0v) is 13.2. The molecule has 0 aromatic heterocycles. The molecule has 21 heavy (non-hydrogen) atoms. The van der Waals surface area contributed by atoms with Gasteiger partial charge < -0.3 is 5.73 Å². The first-order valence-corrected chi connectivity index (χ1v) is 8.00. The SMILES string of the molecule is CCC1CCCC(CN)(Cc2cc(Cl)ccc2[N+](=O)[O-])C1. The second kappa shape index (κ2) is 6.75. The Morgan fingerprint density at radius 2 is 2.29 bits per heavy atom. The fourth-order valence-corrected chi connectivity index (χ4v) is 3.82. The Kier molecular flexibility index (Phi) is 5.22. The van der Waals surface area contributed by atoms with Gasteiger partial charge in [0.25, 0.3) is 5.69 Å². The number of nitrogens with two attached hydrogens (primary N) is 1. The molecule has 2 unspecified atom stereocenters. The number of rotatable bonds is 5. The highest BCUT2D eigenvalue weighted by Gasteiger charge is 2.36. The van der Waals surface area contributed by atoms with Crippen LogP contribution in [0.15, 0.2) is 18.2 Å². The van der Waals surface area contributed by atoms with E-state index in [-0.39, 0.29) is 16.0 Å². The highest BCUT2D eigenvalue weighted by Crippen LogP contribution is 2.43. The Bertz CT molecular complexity index is 521. The fraction of sp³-hybridized carbons (Fsp3) is 0.625. The van der Waals surface area contributed by atoms with Crippen LogP contribution in [-0.4, -0.2) is 11.5 Å². The van der Waals surface area contributed by atoms with E-state index >= 15 is 0 Å². The maximum atomic E-state index is 11.2. The van der Waals surface area contributed by atoms with Gasteiger partial charge in [-0.1, -0.05) is 37.8 Å². The van der Waals surface area contributed by atoms with E-state index in [0.29, 0.717) is 23.9 Å². The molecule has 0 aliphatic heterocycles. The highest BCUT2D eigenvalue weighted by molar-refractivity contribution is 6.30. The van der Waals surface area contributed by atoms with Crippen LogP contribution in [-0.2, 0) is 6.42 Å². The molecule has 0 heterocycles. The van der Waals surface area contributed by atoms with Crippen molar-refractivity contribution in [2.45, 2.75) is 45.4 Å². The molecule has 1 aliphatic rings. The lowest BCUT2D eigenvalue weighted by Gasteiger charge is -2.40. The topological polar surface area (TPSA) is 69.2 Å². The van der Waals surface area contributed by atoms with E-state index in [9.17, 15) is 10.1 Å². The molecule has 0 radical (unpaired) electrons. The van der Waals surface area contributed by atoms with Gasteiger partial charge in [-0.05, 0) is 49.3 Å². The standard InChI is InChI=1S/C16H23ClN2O2/c1-2-12-4-3-7-16(9-12,11-18)10-13-8-14(17)5-6-15(13)19(20)21/h5-6,8,12H,2-4,7,9-11,18H2,1H3. The summed E-state index contributed by atoms with van der Waals surface area (Å²) in [5, 5.41) is 11.8. The van der Waals surface area contributed by atoms with Gasteiger partial charge >= 0.3 is 0 Å². The second-order valence-electron chi connectivity index (χ2n) is 6.28. The van der Waals surface area contributed by atoms with E-state index in [1.807, 2.05) is 0 Å². The molecule has 1 aliphatic carbocycles. The minimum absolute atomic E-state index is 0.0195. The smallest absolute Gasteiger partial charge is 0.272 e. The minimum Gasteiger partial charge on any atom is -0.330 e. The van der Waals surface area contributed by atoms with Crippen LogP contribution in [0.3, 0.4) is 0 Å². The summed E-state index contributed by atoms with van der Waals surface area (Å²) in [6, 6.07) is 4.81. The van der Waals surface area contributed by atoms with E-state index in [1.54, 1.807) is 12.1 Å². The fourth-order valence-electron chi connectivity index (χ4n) is 3.63. The molecule has 0 saturated heterocycles. The van der Waals surface area contributed by atoms with Gasteiger partial charge in [0, 0.05) is 16.7 Å². The summed E-state index contributed by atoms with van der Waals surface area (Å²) in [5.74, 6) is 0.681. The third-order valence-electron chi connectivity index (χ3n) is 4.86.